The molecule has 17 unspecified atom stereocenters. The van der Waals surface area contributed by atoms with E-state index in [1.54, 1.807) is 0 Å². The van der Waals surface area contributed by atoms with Crippen LogP contribution in [-0.4, -0.2) is 193 Å². The zero-order valence-corrected chi connectivity index (χ0v) is 51.0. The highest BCUT2D eigenvalue weighted by Gasteiger charge is 2.53. The Morgan fingerprint density at radius 3 is 1.06 bits per heavy atom. The van der Waals surface area contributed by atoms with E-state index in [-0.39, 0.29) is 18.9 Å². The predicted molar refractivity (Wildman–Crippen MR) is 314 cm³/mol. The molecule has 0 aromatic rings. The fourth-order valence-corrected chi connectivity index (χ4v) is 11.7. The van der Waals surface area contributed by atoms with Gasteiger partial charge in [0.05, 0.1) is 38.6 Å². The first-order chi connectivity index (χ1) is 39.8. The minimum atomic E-state index is -1.97. The van der Waals surface area contributed by atoms with E-state index in [9.17, 15) is 61.0 Å². The van der Waals surface area contributed by atoms with Crippen LogP contribution in [0.15, 0.2) is 0 Å². The Morgan fingerprint density at radius 2 is 0.695 bits per heavy atom. The maximum Gasteiger partial charge on any atom is 0.220 e. The van der Waals surface area contributed by atoms with Gasteiger partial charge in [-0.2, -0.15) is 0 Å². The van der Waals surface area contributed by atoms with Crippen LogP contribution in [0, 0.1) is 0 Å². The van der Waals surface area contributed by atoms with Crippen molar-refractivity contribution in [1.82, 2.24) is 5.32 Å². The van der Waals surface area contributed by atoms with Gasteiger partial charge in [0.15, 0.2) is 18.9 Å². The van der Waals surface area contributed by atoms with Gasteiger partial charge in [-0.15, -0.1) is 0 Å². The van der Waals surface area contributed by atoms with Crippen LogP contribution in [0.25, 0.3) is 0 Å². The minimum absolute atomic E-state index is 0.237. The highest BCUT2D eigenvalue weighted by Crippen LogP contribution is 2.33. The van der Waals surface area contributed by atoms with Crippen LogP contribution in [0.1, 0.15) is 264 Å². The molecule has 3 fully saturated rings. The van der Waals surface area contributed by atoms with Gasteiger partial charge in [0.2, 0.25) is 5.91 Å². The van der Waals surface area contributed by atoms with Gasteiger partial charge in [0.1, 0.15) is 73.2 Å². The van der Waals surface area contributed by atoms with Crippen molar-refractivity contribution in [2.45, 2.75) is 369 Å². The second-order valence-electron chi connectivity index (χ2n) is 24.3. The molecule has 3 rings (SSSR count). The van der Waals surface area contributed by atoms with Gasteiger partial charge in [-0.05, 0) is 12.8 Å². The van der Waals surface area contributed by atoms with E-state index >= 15 is 0 Å². The molecule has 0 aromatic heterocycles. The maximum atomic E-state index is 13.4. The molecule has 0 aromatic carbocycles. The van der Waals surface area contributed by atoms with Crippen molar-refractivity contribution in [1.29, 1.82) is 0 Å². The zero-order valence-electron chi connectivity index (χ0n) is 51.0. The summed E-state index contributed by atoms with van der Waals surface area (Å²) < 4.78 is 34.4. The van der Waals surface area contributed by atoms with Crippen LogP contribution >= 0.6 is 0 Å². The van der Waals surface area contributed by atoms with Gasteiger partial charge in [-0.25, -0.2) is 0 Å². The smallest absolute Gasteiger partial charge is 0.220 e. The van der Waals surface area contributed by atoms with E-state index in [2.05, 4.69) is 19.2 Å². The SMILES string of the molecule is CCCCCCCCCCCCCCCCCCCCCCCCCC(=O)NC(COC1OC(CO)C(OC2OC(CO)C(OC3OC(CO)C(O)C(O)C3O)C(O)C2O)C(O)C1O)C(O)CCCCCCCCCCCCCCCC. The minimum Gasteiger partial charge on any atom is -0.394 e. The Balaban J connectivity index is 1.43. The second-order valence-corrected chi connectivity index (χ2v) is 24.3. The molecule has 0 saturated carbocycles. The fraction of sp³-hybridized carbons (Fsp3) is 0.984. The number of carbonyl (C=O) groups excluding carboxylic acids is 1. The van der Waals surface area contributed by atoms with E-state index in [0.717, 1.165) is 44.9 Å². The predicted octanol–water partition coefficient (Wildman–Crippen LogP) is 7.55. The average molecular weight is 1180 g/mol. The van der Waals surface area contributed by atoms with Crippen molar-refractivity contribution in [3.05, 3.63) is 0 Å². The quantitative estimate of drug-likeness (QED) is 0.0262. The van der Waals surface area contributed by atoms with Crippen LogP contribution in [-0.2, 0) is 33.2 Å². The first-order valence-corrected chi connectivity index (χ1v) is 33.3. The highest BCUT2D eigenvalue weighted by molar-refractivity contribution is 5.76. The number of unbranched alkanes of at least 4 members (excludes halogenated alkanes) is 35. The largest absolute Gasteiger partial charge is 0.394 e. The number of aliphatic hydroxyl groups is 11. The molecule has 1 amide bonds. The van der Waals surface area contributed by atoms with Gasteiger partial charge in [0.25, 0.3) is 0 Å². The van der Waals surface area contributed by atoms with Crippen LogP contribution < -0.4 is 5.32 Å². The molecule has 17 atom stereocenters. The molecule has 0 bridgehead atoms. The van der Waals surface area contributed by atoms with Crippen molar-refractivity contribution < 1.29 is 89.4 Å². The lowest BCUT2D eigenvalue weighted by atomic mass is 9.96. The normalized spacial score (nSPS) is 29.5. The molecular weight excluding hydrogens is 1060 g/mol. The second kappa shape index (κ2) is 46.9. The number of nitrogens with one attached hydrogen (secondary N) is 1. The van der Waals surface area contributed by atoms with E-state index in [1.807, 2.05) is 0 Å². The number of rotatable bonds is 51. The van der Waals surface area contributed by atoms with Gasteiger partial charge < -0.3 is 89.9 Å². The summed E-state index contributed by atoms with van der Waals surface area (Å²) >= 11 is 0. The summed E-state index contributed by atoms with van der Waals surface area (Å²) in [6.07, 6.45) is 20.4. The Kier molecular flexibility index (Phi) is 42.9. The molecule has 0 aliphatic carbocycles. The summed E-state index contributed by atoms with van der Waals surface area (Å²) in [6.45, 7) is 1.82. The van der Waals surface area contributed by atoms with Gasteiger partial charge >= 0.3 is 0 Å². The standard InChI is InChI=1S/C63H121NO18/c1-3-5-7-9-11-13-15-17-19-20-21-22-23-24-25-26-27-29-31-33-35-37-39-41-51(69)64-46(47(68)40-38-36-34-32-30-28-18-16-14-12-10-8-6-4-2)45-77-61-57(75)54(72)59(49(43-66)79-61)82-63-58(76)55(73)60(50(44-67)80-63)81-62-56(74)53(71)52(70)48(42-65)78-62/h46-50,52-63,65-68,70-76H,3-45H2,1-2H3,(H,64,69). The van der Waals surface area contributed by atoms with Crippen LogP contribution in [0.5, 0.6) is 0 Å². The molecule has 3 aliphatic heterocycles. The molecule has 3 aliphatic rings. The zero-order chi connectivity index (χ0) is 59.7. The third-order valence-corrected chi connectivity index (χ3v) is 17.2. The number of aliphatic hydroxyl groups excluding tert-OH is 11. The van der Waals surface area contributed by atoms with Crippen LogP contribution in [0.4, 0.5) is 0 Å². The summed E-state index contributed by atoms with van der Waals surface area (Å²) in [5.74, 6) is -0.237. The van der Waals surface area contributed by atoms with Gasteiger partial charge in [-0.1, -0.05) is 245 Å². The van der Waals surface area contributed by atoms with E-state index in [1.165, 1.54) is 186 Å². The maximum absolute atomic E-state index is 13.4. The molecule has 19 heteroatoms. The lowest BCUT2D eigenvalue weighted by Crippen LogP contribution is -2.66. The topological polar surface area (TPSA) is 307 Å². The first-order valence-electron chi connectivity index (χ1n) is 33.3. The van der Waals surface area contributed by atoms with Crippen molar-refractivity contribution >= 4 is 5.91 Å². The molecule has 12 N–H and O–H groups in total. The third-order valence-electron chi connectivity index (χ3n) is 17.2. The lowest BCUT2D eigenvalue weighted by Gasteiger charge is -2.48. The molecule has 82 heavy (non-hydrogen) atoms. The summed E-state index contributed by atoms with van der Waals surface area (Å²) in [6, 6.07) is -0.880. The Morgan fingerprint density at radius 1 is 0.390 bits per heavy atom. The van der Waals surface area contributed by atoms with E-state index < -0.39 is 124 Å². The average Bonchev–Trinajstić information content (AvgIpc) is 3.14. The van der Waals surface area contributed by atoms with Crippen LogP contribution in [0.2, 0.25) is 0 Å². The molecule has 3 saturated heterocycles. The molecule has 0 radical (unpaired) electrons. The molecule has 19 nitrogen and oxygen atoms in total. The van der Waals surface area contributed by atoms with Crippen molar-refractivity contribution in [3.63, 3.8) is 0 Å². The number of hydrogen-bond acceptors (Lipinski definition) is 18. The highest BCUT2D eigenvalue weighted by atomic mass is 16.8. The number of carbonyl (C=O) groups is 1. The molecule has 3 heterocycles. The Bertz CT molecular complexity index is 1500. The van der Waals surface area contributed by atoms with Gasteiger partial charge in [0, 0.05) is 6.42 Å². The van der Waals surface area contributed by atoms with Crippen molar-refractivity contribution in [2.75, 3.05) is 26.4 Å². The van der Waals surface area contributed by atoms with E-state index in [4.69, 9.17) is 28.4 Å². The summed E-state index contributed by atoms with van der Waals surface area (Å²) in [5, 5.41) is 120. The Hall–Kier alpha value is -1.21. The summed E-state index contributed by atoms with van der Waals surface area (Å²) in [4.78, 5) is 13.4. The molecular formula is C63H121NO18. The fourth-order valence-electron chi connectivity index (χ4n) is 11.7. The summed E-state index contributed by atoms with van der Waals surface area (Å²) in [7, 11) is 0. The van der Waals surface area contributed by atoms with E-state index in [0.29, 0.717) is 12.8 Å². The summed E-state index contributed by atoms with van der Waals surface area (Å²) in [5.41, 5.74) is 0. The van der Waals surface area contributed by atoms with Crippen molar-refractivity contribution in [3.8, 4) is 0 Å². The van der Waals surface area contributed by atoms with Gasteiger partial charge in [-0.3, -0.25) is 4.79 Å². The third kappa shape index (κ3) is 29.7. The van der Waals surface area contributed by atoms with Crippen molar-refractivity contribution in [2.24, 2.45) is 0 Å². The Labute approximate surface area is 493 Å². The molecule has 486 valence electrons. The number of amides is 1. The lowest BCUT2D eigenvalue weighted by molar-refractivity contribution is -0.379. The number of ether oxygens (including phenoxy) is 6. The first kappa shape index (κ1) is 75.0. The van der Waals surface area contributed by atoms with Crippen LogP contribution in [0.3, 0.4) is 0 Å². The monoisotopic (exact) mass is 1180 g/mol. The number of hydrogen-bond donors (Lipinski definition) is 12. The molecule has 0 spiro atoms.